The average Bonchev–Trinajstić information content (AvgIpc) is 2.24. The number of alkyl halides is 3. The van der Waals surface area contributed by atoms with Crippen molar-refractivity contribution in [2.24, 2.45) is 5.73 Å². The maximum absolute atomic E-state index is 12.8. The third kappa shape index (κ3) is 4.60. The molecule has 0 saturated heterocycles. The van der Waals surface area contributed by atoms with Gasteiger partial charge in [-0.15, -0.1) is 0 Å². The first kappa shape index (κ1) is 16.1. The van der Waals surface area contributed by atoms with Crippen molar-refractivity contribution in [3.8, 4) is 0 Å². The lowest BCUT2D eigenvalue weighted by atomic mass is 10.0. The van der Waals surface area contributed by atoms with Crippen molar-refractivity contribution >= 4 is 17.5 Å². The lowest BCUT2D eigenvalue weighted by Gasteiger charge is -2.26. The van der Waals surface area contributed by atoms with Crippen molar-refractivity contribution in [3.63, 3.8) is 0 Å². The highest BCUT2D eigenvalue weighted by Gasteiger charge is 2.32. The molecule has 0 radical (unpaired) electrons. The van der Waals surface area contributed by atoms with Crippen LogP contribution in [0.1, 0.15) is 25.8 Å². The molecule has 20 heavy (non-hydrogen) atoms. The number of carbonyl (C=O) groups is 1. The second kappa shape index (κ2) is 5.56. The number of nitrogens with one attached hydrogen (secondary N) is 2. The molecule has 0 atom stereocenters. The van der Waals surface area contributed by atoms with Crippen LogP contribution in [-0.4, -0.2) is 23.5 Å². The van der Waals surface area contributed by atoms with Gasteiger partial charge in [0.15, 0.2) is 0 Å². The fraction of sp³-hybridized carbons (Fsp3) is 0.500. The summed E-state index contributed by atoms with van der Waals surface area (Å²) in [5.41, 5.74) is 3.47. The van der Waals surface area contributed by atoms with E-state index in [4.69, 9.17) is 5.73 Å². The number of carbonyl (C=O) groups excluding carboxylic acids is 1. The Kier molecular flexibility index (Phi) is 4.46. The van der Waals surface area contributed by atoms with Crippen LogP contribution in [0, 0.1) is 0 Å². The summed E-state index contributed by atoms with van der Waals surface area (Å²) >= 11 is 0. The number of nitrogens with two attached hydrogens (primary N) is 1. The summed E-state index contributed by atoms with van der Waals surface area (Å²) in [7, 11) is 1.47. The molecular weight excluding hydrogens is 273 g/mol. The smallest absolute Gasteiger partial charge is 0.373 e. The zero-order valence-electron chi connectivity index (χ0n) is 11.4. The standard InChI is InChI=1S/C12H17F3N4O/c1-11(2,6-8(16)20)19-10-5-7(12(13,14)15)4-9(17-3)18-10/h4-5H,6H2,1-3H3,(H2,16,20)(H2,17,18,19). The van der Waals surface area contributed by atoms with Gasteiger partial charge in [0.1, 0.15) is 11.6 Å². The number of primary amides is 1. The van der Waals surface area contributed by atoms with E-state index in [-0.39, 0.29) is 18.1 Å². The predicted octanol–water partition coefficient (Wildman–Crippen LogP) is 2.21. The topological polar surface area (TPSA) is 80.0 Å². The lowest BCUT2D eigenvalue weighted by molar-refractivity contribution is -0.137. The Morgan fingerprint density at radius 2 is 1.85 bits per heavy atom. The van der Waals surface area contributed by atoms with Crippen molar-refractivity contribution in [1.29, 1.82) is 0 Å². The Labute approximate surface area is 114 Å². The van der Waals surface area contributed by atoms with Gasteiger partial charge < -0.3 is 16.4 Å². The van der Waals surface area contributed by atoms with E-state index in [0.29, 0.717) is 0 Å². The zero-order chi connectivity index (χ0) is 15.6. The lowest BCUT2D eigenvalue weighted by Crippen LogP contribution is -2.36. The molecule has 1 aromatic heterocycles. The molecule has 0 unspecified atom stereocenters. The molecule has 5 nitrogen and oxygen atoms in total. The van der Waals surface area contributed by atoms with Crippen molar-refractivity contribution in [3.05, 3.63) is 17.7 Å². The largest absolute Gasteiger partial charge is 0.416 e. The average molecular weight is 290 g/mol. The highest BCUT2D eigenvalue weighted by Crippen LogP contribution is 2.32. The van der Waals surface area contributed by atoms with Crippen LogP contribution < -0.4 is 16.4 Å². The minimum absolute atomic E-state index is 0.0235. The molecular formula is C12H17F3N4O. The molecule has 0 aromatic carbocycles. The van der Waals surface area contributed by atoms with Crippen molar-refractivity contribution in [2.45, 2.75) is 32.0 Å². The van der Waals surface area contributed by atoms with Crippen molar-refractivity contribution in [1.82, 2.24) is 4.98 Å². The van der Waals surface area contributed by atoms with Crippen LogP contribution in [0.4, 0.5) is 24.8 Å². The third-order valence-corrected chi connectivity index (χ3v) is 2.49. The quantitative estimate of drug-likeness (QED) is 0.776. The molecule has 0 spiro atoms. The van der Waals surface area contributed by atoms with Crippen LogP contribution >= 0.6 is 0 Å². The van der Waals surface area contributed by atoms with E-state index in [0.717, 1.165) is 12.1 Å². The number of nitrogens with zero attached hydrogens (tertiary/aromatic N) is 1. The van der Waals surface area contributed by atoms with E-state index < -0.39 is 23.2 Å². The number of aromatic nitrogens is 1. The van der Waals surface area contributed by atoms with E-state index in [9.17, 15) is 18.0 Å². The molecule has 0 aliphatic rings. The normalized spacial score (nSPS) is 12.1. The Morgan fingerprint density at radius 1 is 1.30 bits per heavy atom. The van der Waals surface area contributed by atoms with Crippen LogP contribution in [0.2, 0.25) is 0 Å². The van der Waals surface area contributed by atoms with Crippen molar-refractivity contribution < 1.29 is 18.0 Å². The summed E-state index contributed by atoms with van der Waals surface area (Å²) in [6, 6.07) is 1.80. The van der Waals surface area contributed by atoms with Gasteiger partial charge in [-0.05, 0) is 26.0 Å². The number of pyridine rings is 1. The molecule has 8 heteroatoms. The molecule has 0 fully saturated rings. The maximum atomic E-state index is 12.8. The number of amides is 1. The summed E-state index contributed by atoms with van der Waals surface area (Å²) in [6.07, 6.45) is -4.50. The van der Waals surface area contributed by atoms with Gasteiger partial charge in [0.2, 0.25) is 5.91 Å². The first-order chi connectivity index (χ1) is 9.03. The molecule has 1 amide bonds. The monoisotopic (exact) mass is 290 g/mol. The fourth-order valence-corrected chi connectivity index (χ4v) is 1.71. The predicted molar refractivity (Wildman–Crippen MR) is 70.3 cm³/mol. The number of hydrogen-bond acceptors (Lipinski definition) is 4. The zero-order valence-corrected chi connectivity index (χ0v) is 11.4. The van der Waals surface area contributed by atoms with Crippen LogP contribution in [0.25, 0.3) is 0 Å². The highest BCUT2D eigenvalue weighted by molar-refractivity contribution is 5.75. The SMILES string of the molecule is CNc1cc(C(F)(F)F)cc(NC(C)(C)CC(N)=O)n1. The minimum atomic E-state index is -4.47. The molecule has 1 rings (SSSR count). The van der Waals surface area contributed by atoms with Gasteiger partial charge >= 0.3 is 6.18 Å². The number of anilines is 2. The Hall–Kier alpha value is -1.99. The maximum Gasteiger partial charge on any atom is 0.416 e. The number of rotatable bonds is 5. The highest BCUT2D eigenvalue weighted by atomic mass is 19.4. The number of hydrogen-bond donors (Lipinski definition) is 3. The molecule has 0 bridgehead atoms. The molecule has 1 aromatic rings. The Morgan fingerprint density at radius 3 is 2.30 bits per heavy atom. The van der Waals surface area contributed by atoms with Gasteiger partial charge in [-0.1, -0.05) is 0 Å². The molecule has 0 aliphatic carbocycles. The van der Waals surface area contributed by atoms with Gasteiger partial charge in [-0.2, -0.15) is 13.2 Å². The summed E-state index contributed by atoms with van der Waals surface area (Å²) in [5.74, 6) is -0.448. The van der Waals surface area contributed by atoms with Gasteiger partial charge in [0, 0.05) is 19.0 Å². The second-order valence-corrected chi connectivity index (χ2v) is 5.03. The summed E-state index contributed by atoms with van der Waals surface area (Å²) in [4.78, 5) is 14.9. The van der Waals surface area contributed by atoms with Gasteiger partial charge in [-0.3, -0.25) is 4.79 Å². The van der Waals surface area contributed by atoms with E-state index >= 15 is 0 Å². The summed E-state index contributed by atoms with van der Waals surface area (Å²) in [5, 5.41) is 5.35. The van der Waals surface area contributed by atoms with E-state index in [1.165, 1.54) is 7.05 Å². The van der Waals surface area contributed by atoms with Crippen molar-refractivity contribution in [2.75, 3.05) is 17.7 Å². The number of halogens is 3. The third-order valence-electron chi connectivity index (χ3n) is 2.49. The van der Waals surface area contributed by atoms with Gasteiger partial charge in [0.05, 0.1) is 5.56 Å². The Balaban J connectivity index is 3.09. The van der Waals surface area contributed by atoms with Gasteiger partial charge in [-0.25, -0.2) is 4.98 Å². The first-order valence-electron chi connectivity index (χ1n) is 5.87. The summed E-state index contributed by atoms with van der Waals surface area (Å²) < 4.78 is 38.3. The molecule has 0 aliphatic heterocycles. The van der Waals surface area contributed by atoms with Crippen LogP contribution in [0.5, 0.6) is 0 Å². The Bertz CT molecular complexity index is 500. The fourth-order valence-electron chi connectivity index (χ4n) is 1.71. The first-order valence-corrected chi connectivity index (χ1v) is 5.87. The molecule has 4 N–H and O–H groups in total. The molecule has 112 valence electrons. The van der Waals surface area contributed by atoms with Crippen LogP contribution in [0.15, 0.2) is 12.1 Å². The van der Waals surface area contributed by atoms with E-state index in [2.05, 4.69) is 15.6 Å². The molecule has 0 saturated carbocycles. The molecule has 1 heterocycles. The van der Waals surface area contributed by atoms with Crippen LogP contribution in [0.3, 0.4) is 0 Å². The van der Waals surface area contributed by atoms with E-state index in [1.54, 1.807) is 13.8 Å². The van der Waals surface area contributed by atoms with E-state index in [1.807, 2.05) is 0 Å². The minimum Gasteiger partial charge on any atom is -0.373 e. The van der Waals surface area contributed by atoms with Crippen LogP contribution in [-0.2, 0) is 11.0 Å². The second-order valence-electron chi connectivity index (χ2n) is 5.03. The van der Waals surface area contributed by atoms with Gasteiger partial charge in [0.25, 0.3) is 0 Å². The summed E-state index contributed by atoms with van der Waals surface area (Å²) in [6.45, 7) is 3.30.